The first kappa shape index (κ1) is 20.2. The molecule has 0 bridgehead atoms. The van der Waals surface area contributed by atoms with Crippen LogP contribution in [0.15, 0.2) is 35.9 Å². The molecule has 0 spiro atoms. The fourth-order valence-electron chi connectivity index (χ4n) is 4.03. The van der Waals surface area contributed by atoms with Crippen molar-refractivity contribution >= 4 is 23.6 Å². The number of rotatable bonds is 4. The van der Waals surface area contributed by atoms with E-state index < -0.39 is 0 Å². The lowest BCUT2D eigenvalue weighted by Crippen LogP contribution is -2.41. The predicted molar refractivity (Wildman–Crippen MR) is 113 cm³/mol. The number of carbonyl (C=O) groups excluding carboxylic acids is 1. The van der Waals surface area contributed by atoms with Gasteiger partial charge in [-0.3, -0.25) is 4.79 Å². The maximum atomic E-state index is 12.7. The summed E-state index contributed by atoms with van der Waals surface area (Å²) in [5.74, 6) is 0.166. The average Bonchev–Trinajstić information content (AvgIpc) is 2.94. The fourth-order valence-corrected chi connectivity index (χ4v) is 4.21. The molecule has 0 radical (unpaired) electrons. The first-order chi connectivity index (χ1) is 13.4. The van der Waals surface area contributed by atoms with Crippen molar-refractivity contribution < 1.29 is 4.79 Å². The molecule has 3 rings (SSSR count). The number of nitrogens with zero attached hydrogens (tertiary/aromatic N) is 2. The van der Waals surface area contributed by atoms with Crippen LogP contribution in [0, 0.1) is 31.1 Å². The van der Waals surface area contributed by atoms with Crippen molar-refractivity contribution in [3.05, 3.63) is 57.9 Å². The van der Waals surface area contributed by atoms with Crippen molar-refractivity contribution in [2.24, 2.45) is 5.92 Å². The lowest BCUT2D eigenvalue weighted by atomic mass is 9.86. The molecule has 5 heteroatoms. The largest absolute Gasteiger partial charge is 0.348 e. The quantitative estimate of drug-likeness (QED) is 0.560. The van der Waals surface area contributed by atoms with Crippen LogP contribution in [0.25, 0.3) is 11.8 Å². The molecule has 1 aliphatic rings. The Balaban J connectivity index is 1.88. The highest BCUT2D eigenvalue weighted by molar-refractivity contribution is 6.30. The summed E-state index contributed by atoms with van der Waals surface area (Å²) >= 11 is 6.14. The third kappa shape index (κ3) is 4.31. The number of amides is 1. The van der Waals surface area contributed by atoms with E-state index in [2.05, 4.69) is 22.9 Å². The molecule has 1 saturated carbocycles. The van der Waals surface area contributed by atoms with Crippen molar-refractivity contribution in [1.82, 2.24) is 9.88 Å². The molecule has 1 aromatic carbocycles. The van der Waals surface area contributed by atoms with E-state index in [0.717, 1.165) is 41.9 Å². The van der Waals surface area contributed by atoms with E-state index in [1.165, 1.54) is 6.42 Å². The number of hydrogen-bond acceptors (Lipinski definition) is 2. The summed E-state index contributed by atoms with van der Waals surface area (Å²) in [4.78, 5) is 12.7. The number of benzene rings is 1. The smallest absolute Gasteiger partial charge is 0.262 e. The second-order valence-electron chi connectivity index (χ2n) is 7.65. The molecule has 4 nitrogen and oxygen atoms in total. The number of aromatic nitrogens is 1. The molecule has 0 unspecified atom stereocenters. The SMILES string of the molecule is Cc1cc(/C=C(\C#N)C(=O)N[C@H]2CCCC[C@@H]2C)c(C)n1-c1cccc(Cl)c1. The zero-order valence-corrected chi connectivity index (χ0v) is 17.4. The molecule has 1 N–H and O–H groups in total. The summed E-state index contributed by atoms with van der Waals surface area (Å²) in [5, 5.41) is 13.3. The van der Waals surface area contributed by atoms with E-state index in [1.54, 1.807) is 6.08 Å². The Morgan fingerprint density at radius 1 is 1.29 bits per heavy atom. The summed E-state index contributed by atoms with van der Waals surface area (Å²) in [6.45, 7) is 6.15. The first-order valence-corrected chi connectivity index (χ1v) is 10.2. The van der Waals surface area contributed by atoms with Gasteiger partial charge in [-0.2, -0.15) is 5.26 Å². The van der Waals surface area contributed by atoms with Crippen molar-refractivity contribution in [3.8, 4) is 11.8 Å². The average molecular weight is 396 g/mol. The Hall–Kier alpha value is -2.51. The maximum absolute atomic E-state index is 12.7. The van der Waals surface area contributed by atoms with Gasteiger partial charge in [-0.05, 0) is 68.5 Å². The molecule has 2 aromatic rings. The molecule has 1 heterocycles. The van der Waals surface area contributed by atoms with Gasteiger partial charge in [-0.25, -0.2) is 0 Å². The lowest BCUT2D eigenvalue weighted by molar-refractivity contribution is -0.118. The Morgan fingerprint density at radius 3 is 2.71 bits per heavy atom. The lowest BCUT2D eigenvalue weighted by Gasteiger charge is -2.29. The van der Waals surface area contributed by atoms with Crippen molar-refractivity contribution in [2.45, 2.75) is 52.5 Å². The Bertz CT molecular complexity index is 951. The Labute approximate surface area is 171 Å². The molecule has 0 aliphatic heterocycles. The van der Waals surface area contributed by atoms with Gasteiger partial charge >= 0.3 is 0 Å². The van der Waals surface area contributed by atoms with Crippen LogP contribution in [-0.2, 0) is 4.79 Å². The van der Waals surface area contributed by atoms with Gasteiger partial charge in [0.1, 0.15) is 11.6 Å². The van der Waals surface area contributed by atoms with Crippen molar-refractivity contribution in [1.29, 1.82) is 5.26 Å². The van der Waals surface area contributed by atoms with Crippen LogP contribution in [0.4, 0.5) is 0 Å². The third-order valence-electron chi connectivity index (χ3n) is 5.63. The highest BCUT2D eigenvalue weighted by Crippen LogP contribution is 2.26. The maximum Gasteiger partial charge on any atom is 0.262 e. The number of carbonyl (C=O) groups is 1. The molecular weight excluding hydrogens is 370 g/mol. The van der Waals surface area contributed by atoms with E-state index >= 15 is 0 Å². The number of nitriles is 1. The summed E-state index contributed by atoms with van der Waals surface area (Å²) in [5.41, 5.74) is 3.95. The van der Waals surface area contributed by atoms with E-state index in [9.17, 15) is 10.1 Å². The minimum atomic E-state index is -0.284. The zero-order chi connectivity index (χ0) is 20.3. The third-order valence-corrected chi connectivity index (χ3v) is 5.86. The Morgan fingerprint density at radius 2 is 2.04 bits per heavy atom. The van der Waals surface area contributed by atoms with Gasteiger partial charge in [0.2, 0.25) is 0 Å². The van der Waals surface area contributed by atoms with Gasteiger partial charge in [0.15, 0.2) is 0 Å². The van der Waals surface area contributed by atoms with Crippen LogP contribution >= 0.6 is 11.6 Å². The van der Waals surface area contributed by atoms with Crippen LogP contribution in [0.3, 0.4) is 0 Å². The predicted octanol–water partition coefficient (Wildman–Crippen LogP) is 5.35. The fraction of sp³-hybridized carbons (Fsp3) is 0.391. The van der Waals surface area contributed by atoms with E-state index in [0.29, 0.717) is 10.9 Å². The number of aryl methyl sites for hydroxylation is 1. The van der Waals surface area contributed by atoms with Crippen LogP contribution in [-0.4, -0.2) is 16.5 Å². The molecule has 2 atom stereocenters. The summed E-state index contributed by atoms with van der Waals surface area (Å²) in [6.07, 6.45) is 6.13. The second-order valence-corrected chi connectivity index (χ2v) is 8.09. The van der Waals surface area contributed by atoms with E-state index in [1.807, 2.05) is 44.2 Å². The molecule has 1 aliphatic carbocycles. The van der Waals surface area contributed by atoms with Crippen molar-refractivity contribution in [2.75, 3.05) is 0 Å². The topological polar surface area (TPSA) is 57.8 Å². The number of halogens is 1. The normalized spacial score (nSPS) is 19.9. The second kappa shape index (κ2) is 8.67. The number of hydrogen-bond donors (Lipinski definition) is 1. The first-order valence-electron chi connectivity index (χ1n) is 9.78. The minimum Gasteiger partial charge on any atom is -0.348 e. The van der Waals surface area contributed by atoms with Gasteiger partial charge in [0.25, 0.3) is 5.91 Å². The molecule has 28 heavy (non-hydrogen) atoms. The summed E-state index contributed by atoms with van der Waals surface area (Å²) < 4.78 is 2.08. The van der Waals surface area contributed by atoms with Crippen LogP contribution in [0.1, 0.15) is 49.6 Å². The molecule has 1 fully saturated rings. The summed E-state index contributed by atoms with van der Waals surface area (Å²) in [7, 11) is 0. The van der Waals surface area contributed by atoms with Crippen LogP contribution in [0.2, 0.25) is 5.02 Å². The monoisotopic (exact) mass is 395 g/mol. The van der Waals surface area contributed by atoms with E-state index in [4.69, 9.17) is 11.6 Å². The standard InChI is InChI=1S/C23H26ClN3O/c1-15-7-4-5-10-22(15)26-23(28)19(14-25)12-18-11-16(2)27(17(18)3)21-9-6-8-20(24)13-21/h6,8-9,11-13,15,22H,4-5,7,10H2,1-3H3,(H,26,28)/b19-12+/t15-,22-/m0/s1. The molecule has 146 valence electrons. The van der Waals surface area contributed by atoms with Crippen LogP contribution < -0.4 is 5.32 Å². The van der Waals surface area contributed by atoms with Gasteiger partial charge < -0.3 is 9.88 Å². The molecule has 1 amide bonds. The van der Waals surface area contributed by atoms with Gasteiger partial charge in [0, 0.05) is 28.1 Å². The van der Waals surface area contributed by atoms with Crippen LogP contribution in [0.5, 0.6) is 0 Å². The highest BCUT2D eigenvalue weighted by atomic mass is 35.5. The molecule has 1 aromatic heterocycles. The summed E-state index contributed by atoms with van der Waals surface area (Å²) in [6, 6.07) is 11.9. The van der Waals surface area contributed by atoms with E-state index in [-0.39, 0.29) is 17.5 Å². The Kier molecular flexibility index (Phi) is 6.26. The molecular formula is C23H26ClN3O. The van der Waals surface area contributed by atoms with Gasteiger partial charge in [-0.15, -0.1) is 0 Å². The van der Waals surface area contributed by atoms with Crippen molar-refractivity contribution in [3.63, 3.8) is 0 Å². The minimum absolute atomic E-state index is 0.143. The molecule has 0 saturated heterocycles. The number of nitrogens with one attached hydrogen (secondary N) is 1. The van der Waals surface area contributed by atoms with Gasteiger partial charge in [-0.1, -0.05) is 37.4 Å². The zero-order valence-electron chi connectivity index (χ0n) is 16.6. The van der Waals surface area contributed by atoms with Gasteiger partial charge in [0.05, 0.1) is 0 Å². The highest BCUT2D eigenvalue weighted by Gasteiger charge is 2.24.